The fraction of sp³-hybridized carbons (Fsp3) is 0.647. The molecule has 1 saturated heterocycles. The Hall–Kier alpha value is -1.06. The molecule has 2 rings (SSSR count). The molecule has 1 unspecified atom stereocenters. The summed E-state index contributed by atoms with van der Waals surface area (Å²) < 4.78 is 5.73. The van der Waals surface area contributed by atoms with Crippen molar-refractivity contribution in [3.05, 3.63) is 30.3 Å². The van der Waals surface area contributed by atoms with Gasteiger partial charge in [0.05, 0.1) is 6.61 Å². The Morgan fingerprint density at radius 3 is 2.95 bits per heavy atom. The van der Waals surface area contributed by atoms with Gasteiger partial charge in [-0.05, 0) is 56.9 Å². The van der Waals surface area contributed by atoms with Gasteiger partial charge in [0.2, 0.25) is 0 Å². The Morgan fingerprint density at radius 1 is 1.30 bits per heavy atom. The van der Waals surface area contributed by atoms with Crippen LogP contribution in [0, 0.1) is 5.92 Å². The van der Waals surface area contributed by atoms with Gasteiger partial charge in [-0.2, -0.15) is 0 Å². The number of ether oxygens (including phenoxy) is 1. The van der Waals surface area contributed by atoms with Crippen molar-refractivity contribution in [1.29, 1.82) is 0 Å². The summed E-state index contributed by atoms with van der Waals surface area (Å²) in [4.78, 5) is 2.58. The van der Waals surface area contributed by atoms with E-state index >= 15 is 0 Å². The van der Waals surface area contributed by atoms with Gasteiger partial charge in [0.15, 0.2) is 0 Å². The van der Waals surface area contributed by atoms with E-state index in [2.05, 4.69) is 17.1 Å². The van der Waals surface area contributed by atoms with Crippen molar-refractivity contribution in [2.75, 3.05) is 39.3 Å². The maximum Gasteiger partial charge on any atom is 0.119 e. The van der Waals surface area contributed by atoms with E-state index in [4.69, 9.17) is 4.74 Å². The summed E-state index contributed by atoms with van der Waals surface area (Å²) in [5, 5.41) is 3.53. The highest BCUT2D eigenvalue weighted by Crippen LogP contribution is 2.15. The first-order valence-electron chi connectivity index (χ1n) is 7.99. The normalized spacial score (nSPS) is 19.4. The quantitative estimate of drug-likeness (QED) is 0.702. The van der Waals surface area contributed by atoms with Crippen LogP contribution in [0.25, 0.3) is 0 Å². The number of hydrogen-bond donors (Lipinski definition) is 1. The van der Waals surface area contributed by atoms with Crippen LogP contribution in [0.2, 0.25) is 0 Å². The van der Waals surface area contributed by atoms with Gasteiger partial charge in [-0.15, -0.1) is 0 Å². The number of nitrogens with one attached hydrogen (secondary N) is 1. The minimum absolute atomic E-state index is 0.819. The molecule has 1 heterocycles. The van der Waals surface area contributed by atoms with Gasteiger partial charge in [-0.3, -0.25) is 0 Å². The van der Waals surface area contributed by atoms with Gasteiger partial charge in [-0.1, -0.05) is 25.1 Å². The van der Waals surface area contributed by atoms with E-state index in [1.807, 2.05) is 30.3 Å². The Labute approximate surface area is 123 Å². The fourth-order valence-electron chi connectivity index (χ4n) is 2.76. The summed E-state index contributed by atoms with van der Waals surface area (Å²) in [6, 6.07) is 10.1. The molecule has 0 aliphatic carbocycles. The third-order valence-electron chi connectivity index (χ3n) is 3.86. The van der Waals surface area contributed by atoms with Crippen LogP contribution in [0.15, 0.2) is 30.3 Å². The van der Waals surface area contributed by atoms with Crippen molar-refractivity contribution >= 4 is 0 Å². The van der Waals surface area contributed by atoms with Crippen molar-refractivity contribution in [3.8, 4) is 5.75 Å². The topological polar surface area (TPSA) is 24.5 Å². The second-order valence-corrected chi connectivity index (χ2v) is 5.67. The minimum Gasteiger partial charge on any atom is -0.494 e. The van der Waals surface area contributed by atoms with E-state index in [0.717, 1.165) is 37.8 Å². The largest absolute Gasteiger partial charge is 0.494 e. The lowest BCUT2D eigenvalue weighted by atomic mass is 10.1. The fourth-order valence-corrected chi connectivity index (χ4v) is 2.76. The first kappa shape index (κ1) is 15.3. The molecule has 112 valence electrons. The minimum atomic E-state index is 0.819. The first-order valence-corrected chi connectivity index (χ1v) is 7.99. The highest BCUT2D eigenvalue weighted by molar-refractivity contribution is 5.20. The third kappa shape index (κ3) is 5.51. The van der Waals surface area contributed by atoms with Crippen molar-refractivity contribution < 1.29 is 4.74 Å². The number of nitrogens with zero attached hydrogens (tertiary/aromatic N) is 1. The average Bonchev–Trinajstić information content (AvgIpc) is 2.93. The summed E-state index contributed by atoms with van der Waals surface area (Å²) in [6.07, 6.45) is 3.69. The average molecular weight is 276 g/mol. The predicted molar refractivity (Wildman–Crippen MR) is 84.3 cm³/mol. The zero-order valence-electron chi connectivity index (χ0n) is 12.7. The highest BCUT2D eigenvalue weighted by Gasteiger charge is 2.21. The molecular formula is C17H28N2O. The first-order chi connectivity index (χ1) is 9.88. The second-order valence-electron chi connectivity index (χ2n) is 5.67. The lowest BCUT2D eigenvalue weighted by Crippen LogP contribution is -2.28. The van der Waals surface area contributed by atoms with Crippen molar-refractivity contribution in [2.24, 2.45) is 5.92 Å². The second kappa shape index (κ2) is 8.98. The molecule has 1 aromatic rings. The molecule has 1 aromatic carbocycles. The molecule has 0 aromatic heterocycles. The molecule has 0 spiro atoms. The highest BCUT2D eigenvalue weighted by atomic mass is 16.5. The van der Waals surface area contributed by atoms with Crippen molar-refractivity contribution in [2.45, 2.75) is 26.2 Å². The predicted octanol–water partition coefficient (Wildman–Crippen LogP) is 2.78. The van der Waals surface area contributed by atoms with Crippen LogP contribution in [-0.4, -0.2) is 44.2 Å². The van der Waals surface area contributed by atoms with Gasteiger partial charge < -0.3 is 15.0 Å². The standard InChI is InChI=1S/C17H28N2O/c1-2-10-18-14-16-9-12-19(15-16)11-6-13-20-17-7-4-3-5-8-17/h3-5,7-8,16,18H,2,6,9-15H2,1H3. The molecule has 1 fully saturated rings. The summed E-state index contributed by atoms with van der Waals surface area (Å²) in [6.45, 7) is 9.05. The van der Waals surface area contributed by atoms with E-state index in [0.29, 0.717) is 0 Å². The molecule has 0 radical (unpaired) electrons. The number of hydrogen-bond acceptors (Lipinski definition) is 3. The van der Waals surface area contributed by atoms with Crippen LogP contribution in [0.3, 0.4) is 0 Å². The van der Waals surface area contributed by atoms with Crippen molar-refractivity contribution in [1.82, 2.24) is 10.2 Å². The molecule has 1 atom stereocenters. The lowest BCUT2D eigenvalue weighted by Gasteiger charge is -2.16. The van der Waals surface area contributed by atoms with Crippen LogP contribution in [0.5, 0.6) is 5.75 Å². The van der Waals surface area contributed by atoms with E-state index in [-0.39, 0.29) is 0 Å². The SMILES string of the molecule is CCCNCC1CCN(CCCOc2ccccc2)C1. The van der Waals surface area contributed by atoms with Gasteiger partial charge in [0.25, 0.3) is 0 Å². The van der Waals surface area contributed by atoms with E-state index in [1.54, 1.807) is 0 Å². The lowest BCUT2D eigenvalue weighted by molar-refractivity contribution is 0.258. The van der Waals surface area contributed by atoms with Crippen molar-refractivity contribution in [3.63, 3.8) is 0 Å². The molecule has 20 heavy (non-hydrogen) atoms. The monoisotopic (exact) mass is 276 g/mol. The number of para-hydroxylation sites is 1. The number of rotatable bonds is 9. The van der Waals surface area contributed by atoms with E-state index < -0.39 is 0 Å². The molecule has 1 aliphatic rings. The molecule has 3 heteroatoms. The van der Waals surface area contributed by atoms with Gasteiger partial charge in [-0.25, -0.2) is 0 Å². The molecule has 3 nitrogen and oxygen atoms in total. The zero-order chi connectivity index (χ0) is 14.0. The third-order valence-corrected chi connectivity index (χ3v) is 3.86. The Kier molecular flexibility index (Phi) is 6.89. The molecule has 0 amide bonds. The number of likely N-dealkylation sites (tertiary alicyclic amines) is 1. The Bertz CT molecular complexity index is 355. The van der Waals surface area contributed by atoms with Gasteiger partial charge in [0.1, 0.15) is 5.75 Å². The summed E-state index contributed by atoms with van der Waals surface area (Å²) in [7, 11) is 0. The molecule has 1 aliphatic heterocycles. The van der Waals surface area contributed by atoms with Crippen LogP contribution >= 0.6 is 0 Å². The molecule has 1 N–H and O–H groups in total. The van der Waals surface area contributed by atoms with Crippen LogP contribution in [0.1, 0.15) is 26.2 Å². The summed E-state index contributed by atoms with van der Waals surface area (Å²) in [5.41, 5.74) is 0. The van der Waals surface area contributed by atoms with Crippen LogP contribution < -0.4 is 10.1 Å². The number of benzene rings is 1. The Balaban J connectivity index is 1.52. The maximum absolute atomic E-state index is 5.73. The Morgan fingerprint density at radius 2 is 2.15 bits per heavy atom. The maximum atomic E-state index is 5.73. The smallest absolute Gasteiger partial charge is 0.119 e. The molecule has 0 saturated carbocycles. The molecule has 0 bridgehead atoms. The van der Waals surface area contributed by atoms with Crippen LogP contribution in [0.4, 0.5) is 0 Å². The van der Waals surface area contributed by atoms with E-state index in [1.165, 1.54) is 32.5 Å². The van der Waals surface area contributed by atoms with E-state index in [9.17, 15) is 0 Å². The van der Waals surface area contributed by atoms with Gasteiger partial charge in [0, 0.05) is 13.1 Å². The summed E-state index contributed by atoms with van der Waals surface area (Å²) in [5.74, 6) is 1.83. The van der Waals surface area contributed by atoms with Crippen LogP contribution in [-0.2, 0) is 0 Å². The summed E-state index contributed by atoms with van der Waals surface area (Å²) >= 11 is 0. The van der Waals surface area contributed by atoms with Gasteiger partial charge >= 0.3 is 0 Å². The zero-order valence-corrected chi connectivity index (χ0v) is 12.7. The molecular weight excluding hydrogens is 248 g/mol.